The number of aromatic nitrogens is 1. The number of nitrogens with one attached hydrogen (secondary N) is 2. The van der Waals surface area contributed by atoms with E-state index in [1.54, 1.807) is 0 Å². The van der Waals surface area contributed by atoms with Crippen LogP contribution < -0.4 is 5.32 Å². The van der Waals surface area contributed by atoms with E-state index in [0.29, 0.717) is 11.6 Å². The van der Waals surface area contributed by atoms with Crippen LogP contribution in [0.4, 0.5) is 0 Å². The Morgan fingerprint density at radius 2 is 2.14 bits per heavy atom. The SMILES string of the molecule is C[C@H]1CCCC[C@H]1NC(=O)c1cc2cc(CO)ccc2[nH]1. The first-order valence-corrected chi connectivity index (χ1v) is 7.71. The summed E-state index contributed by atoms with van der Waals surface area (Å²) in [5.74, 6) is 0.517. The van der Waals surface area contributed by atoms with Crippen molar-refractivity contribution in [1.82, 2.24) is 10.3 Å². The van der Waals surface area contributed by atoms with Crippen LogP contribution in [0.3, 0.4) is 0 Å². The standard InChI is InChI=1S/C17H22N2O2/c1-11-4-2-3-5-14(11)19-17(21)16-9-13-8-12(10-20)6-7-15(13)18-16/h6-9,11,14,18,20H,2-5,10H2,1H3,(H,19,21)/t11-,14+/m0/s1. The van der Waals surface area contributed by atoms with Crippen molar-refractivity contribution in [3.8, 4) is 0 Å². The normalized spacial score (nSPS) is 22.4. The van der Waals surface area contributed by atoms with Crippen LogP contribution in [-0.4, -0.2) is 22.0 Å². The quantitative estimate of drug-likeness (QED) is 0.812. The summed E-state index contributed by atoms with van der Waals surface area (Å²) in [6.45, 7) is 2.23. The van der Waals surface area contributed by atoms with Gasteiger partial charge in [-0.15, -0.1) is 0 Å². The van der Waals surface area contributed by atoms with Gasteiger partial charge in [-0.05, 0) is 42.5 Å². The summed E-state index contributed by atoms with van der Waals surface area (Å²) in [6, 6.07) is 7.82. The highest BCUT2D eigenvalue weighted by Gasteiger charge is 2.23. The fourth-order valence-corrected chi connectivity index (χ4v) is 3.18. The van der Waals surface area contributed by atoms with Gasteiger partial charge < -0.3 is 15.4 Å². The number of fused-ring (bicyclic) bond motifs is 1. The molecule has 0 radical (unpaired) electrons. The van der Waals surface area contributed by atoms with Gasteiger partial charge in [0.2, 0.25) is 0 Å². The van der Waals surface area contributed by atoms with Crippen molar-refractivity contribution < 1.29 is 9.90 Å². The molecule has 0 spiro atoms. The zero-order valence-electron chi connectivity index (χ0n) is 12.4. The van der Waals surface area contributed by atoms with E-state index in [2.05, 4.69) is 17.2 Å². The molecule has 0 saturated heterocycles. The van der Waals surface area contributed by atoms with Crippen LogP contribution in [0.2, 0.25) is 0 Å². The molecule has 3 N–H and O–H groups in total. The third kappa shape index (κ3) is 2.95. The van der Waals surface area contributed by atoms with Crippen LogP contribution in [0.25, 0.3) is 10.9 Å². The molecule has 1 aromatic carbocycles. The van der Waals surface area contributed by atoms with Crippen molar-refractivity contribution in [2.75, 3.05) is 0 Å². The molecule has 0 bridgehead atoms. The van der Waals surface area contributed by atoms with Crippen LogP contribution in [-0.2, 0) is 6.61 Å². The number of amides is 1. The maximum absolute atomic E-state index is 12.4. The van der Waals surface area contributed by atoms with E-state index in [1.165, 1.54) is 19.3 Å². The molecule has 2 aromatic rings. The zero-order valence-corrected chi connectivity index (χ0v) is 12.4. The highest BCUT2D eigenvalue weighted by Crippen LogP contribution is 2.24. The Bertz CT molecular complexity index is 647. The Balaban J connectivity index is 1.77. The number of hydrogen-bond acceptors (Lipinski definition) is 2. The molecule has 3 rings (SSSR count). The molecule has 0 unspecified atom stereocenters. The topological polar surface area (TPSA) is 65.1 Å². The third-order valence-corrected chi connectivity index (χ3v) is 4.54. The molecular formula is C17H22N2O2. The average Bonchev–Trinajstić information content (AvgIpc) is 2.92. The van der Waals surface area contributed by atoms with E-state index in [0.717, 1.165) is 22.9 Å². The number of carbonyl (C=O) groups excluding carboxylic acids is 1. The van der Waals surface area contributed by atoms with Gasteiger partial charge in [-0.25, -0.2) is 0 Å². The van der Waals surface area contributed by atoms with Crippen LogP contribution >= 0.6 is 0 Å². The Labute approximate surface area is 124 Å². The molecule has 0 aliphatic heterocycles. The summed E-state index contributed by atoms with van der Waals surface area (Å²) in [5.41, 5.74) is 2.38. The molecule has 1 heterocycles. The second-order valence-corrected chi connectivity index (χ2v) is 6.10. The molecule has 4 heteroatoms. The minimum Gasteiger partial charge on any atom is -0.392 e. The number of aromatic amines is 1. The fourth-order valence-electron chi connectivity index (χ4n) is 3.18. The van der Waals surface area contributed by atoms with Crippen LogP contribution in [0.15, 0.2) is 24.3 Å². The molecule has 2 atom stereocenters. The maximum Gasteiger partial charge on any atom is 0.267 e. The maximum atomic E-state index is 12.4. The first kappa shape index (κ1) is 14.1. The Morgan fingerprint density at radius 1 is 1.33 bits per heavy atom. The number of H-pyrrole nitrogens is 1. The number of rotatable bonds is 3. The Kier molecular flexibility index (Phi) is 3.97. The second-order valence-electron chi connectivity index (χ2n) is 6.10. The molecule has 1 aliphatic rings. The molecule has 4 nitrogen and oxygen atoms in total. The molecule has 1 aliphatic carbocycles. The van der Waals surface area contributed by atoms with Gasteiger partial charge in [0.1, 0.15) is 5.69 Å². The lowest BCUT2D eigenvalue weighted by Gasteiger charge is -2.29. The minimum absolute atomic E-state index is 0.0161. The van der Waals surface area contributed by atoms with Gasteiger partial charge in [0.15, 0.2) is 0 Å². The summed E-state index contributed by atoms with van der Waals surface area (Å²) in [7, 11) is 0. The Hall–Kier alpha value is -1.81. The van der Waals surface area contributed by atoms with Gasteiger partial charge in [0, 0.05) is 16.9 Å². The van der Waals surface area contributed by atoms with E-state index < -0.39 is 0 Å². The zero-order chi connectivity index (χ0) is 14.8. The smallest absolute Gasteiger partial charge is 0.267 e. The summed E-state index contributed by atoms with van der Waals surface area (Å²) in [4.78, 5) is 15.5. The molecule has 21 heavy (non-hydrogen) atoms. The molecule has 1 amide bonds. The first-order chi connectivity index (χ1) is 10.2. The van der Waals surface area contributed by atoms with Crippen molar-refractivity contribution >= 4 is 16.8 Å². The third-order valence-electron chi connectivity index (χ3n) is 4.54. The average molecular weight is 286 g/mol. The summed E-state index contributed by atoms with van der Waals surface area (Å²) in [5, 5.41) is 13.3. The van der Waals surface area contributed by atoms with Crippen molar-refractivity contribution in [2.45, 2.75) is 45.3 Å². The van der Waals surface area contributed by atoms with E-state index in [9.17, 15) is 4.79 Å². The molecule has 112 valence electrons. The van der Waals surface area contributed by atoms with Crippen molar-refractivity contribution in [1.29, 1.82) is 0 Å². The number of aliphatic hydroxyl groups excluding tert-OH is 1. The predicted octanol–water partition coefficient (Wildman–Crippen LogP) is 2.97. The fraction of sp³-hybridized carbons (Fsp3) is 0.471. The van der Waals surface area contributed by atoms with E-state index in [4.69, 9.17) is 5.11 Å². The van der Waals surface area contributed by atoms with E-state index in [-0.39, 0.29) is 18.6 Å². The monoisotopic (exact) mass is 286 g/mol. The van der Waals surface area contributed by atoms with E-state index >= 15 is 0 Å². The largest absolute Gasteiger partial charge is 0.392 e. The highest BCUT2D eigenvalue weighted by atomic mass is 16.3. The van der Waals surface area contributed by atoms with Gasteiger partial charge in [0.05, 0.1) is 6.61 Å². The van der Waals surface area contributed by atoms with Gasteiger partial charge in [-0.1, -0.05) is 25.8 Å². The molecule has 1 aromatic heterocycles. The van der Waals surface area contributed by atoms with Crippen LogP contribution in [0.5, 0.6) is 0 Å². The van der Waals surface area contributed by atoms with Crippen LogP contribution in [0, 0.1) is 5.92 Å². The molecular weight excluding hydrogens is 264 g/mol. The number of carbonyl (C=O) groups is 1. The van der Waals surface area contributed by atoms with Crippen molar-refractivity contribution in [2.24, 2.45) is 5.92 Å². The van der Waals surface area contributed by atoms with Gasteiger partial charge in [-0.2, -0.15) is 0 Å². The van der Waals surface area contributed by atoms with Crippen molar-refractivity contribution in [3.05, 3.63) is 35.5 Å². The lowest BCUT2D eigenvalue weighted by atomic mass is 9.86. The summed E-state index contributed by atoms with van der Waals surface area (Å²) < 4.78 is 0. The first-order valence-electron chi connectivity index (χ1n) is 7.71. The number of benzene rings is 1. The molecule has 1 fully saturated rings. The predicted molar refractivity (Wildman–Crippen MR) is 83.1 cm³/mol. The number of aliphatic hydroxyl groups is 1. The summed E-state index contributed by atoms with van der Waals surface area (Å²) >= 11 is 0. The highest BCUT2D eigenvalue weighted by molar-refractivity contribution is 5.98. The molecule has 1 saturated carbocycles. The lowest BCUT2D eigenvalue weighted by molar-refractivity contribution is 0.0906. The van der Waals surface area contributed by atoms with E-state index in [1.807, 2.05) is 24.3 Å². The van der Waals surface area contributed by atoms with Gasteiger partial charge >= 0.3 is 0 Å². The Morgan fingerprint density at radius 3 is 2.90 bits per heavy atom. The van der Waals surface area contributed by atoms with Gasteiger partial charge in [0.25, 0.3) is 5.91 Å². The summed E-state index contributed by atoms with van der Waals surface area (Å²) in [6.07, 6.45) is 4.73. The van der Waals surface area contributed by atoms with Crippen LogP contribution in [0.1, 0.15) is 48.7 Å². The second kappa shape index (κ2) is 5.90. The van der Waals surface area contributed by atoms with Gasteiger partial charge in [-0.3, -0.25) is 4.79 Å². The minimum atomic E-state index is -0.0319. The van der Waals surface area contributed by atoms with Crippen molar-refractivity contribution in [3.63, 3.8) is 0 Å². The number of hydrogen-bond donors (Lipinski definition) is 3. The lowest BCUT2D eigenvalue weighted by Crippen LogP contribution is -2.41.